The Balaban J connectivity index is 3.60. The molecule has 0 aliphatic rings. The van der Waals surface area contributed by atoms with Gasteiger partial charge in [-0.1, -0.05) is 26.2 Å². The first-order valence-electron chi connectivity index (χ1n) is 5.19. The fourth-order valence-corrected chi connectivity index (χ4v) is 0.976. The van der Waals surface area contributed by atoms with Crippen LogP contribution < -0.4 is 5.73 Å². The highest BCUT2D eigenvalue weighted by Gasteiger charge is 2.07. The van der Waals surface area contributed by atoms with Crippen molar-refractivity contribution in [3.8, 4) is 0 Å². The molecule has 0 heterocycles. The third-order valence-electron chi connectivity index (χ3n) is 1.99. The van der Waals surface area contributed by atoms with Gasteiger partial charge in [0.25, 0.3) is 0 Å². The van der Waals surface area contributed by atoms with Crippen molar-refractivity contribution in [1.29, 1.82) is 0 Å². The summed E-state index contributed by atoms with van der Waals surface area (Å²) >= 11 is 0. The highest BCUT2D eigenvalue weighted by atomic mass is 16.5. The minimum Gasteiger partial charge on any atom is -0.461 e. The van der Waals surface area contributed by atoms with Crippen molar-refractivity contribution in [2.45, 2.75) is 46.5 Å². The molecule has 2 N–H and O–H groups in total. The molecule has 0 saturated carbocycles. The summed E-state index contributed by atoms with van der Waals surface area (Å²) < 4.78 is 4.99. The lowest BCUT2D eigenvalue weighted by Gasteiger charge is -2.05. The normalized spacial score (nSPS) is 9.64. The van der Waals surface area contributed by atoms with Crippen LogP contribution in [0, 0.1) is 0 Å². The number of carbonyl (C=O) groups excluding carboxylic acids is 1. The van der Waals surface area contributed by atoms with Crippen molar-refractivity contribution in [2.24, 2.45) is 5.73 Å². The number of ether oxygens (including phenoxy) is 1. The van der Waals surface area contributed by atoms with Crippen LogP contribution in [0.3, 0.4) is 0 Å². The predicted molar refractivity (Wildman–Crippen MR) is 57.7 cm³/mol. The van der Waals surface area contributed by atoms with Crippen LogP contribution in [-0.2, 0) is 9.53 Å². The molecular weight excluding hydrogens is 178 g/mol. The molecule has 0 atom stereocenters. The Morgan fingerprint density at radius 1 is 1.21 bits per heavy atom. The van der Waals surface area contributed by atoms with Crippen LogP contribution in [0.4, 0.5) is 0 Å². The largest absolute Gasteiger partial charge is 0.461 e. The summed E-state index contributed by atoms with van der Waals surface area (Å²) in [6, 6.07) is 0. The maximum atomic E-state index is 11.2. The first-order valence-corrected chi connectivity index (χ1v) is 5.19. The van der Waals surface area contributed by atoms with E-state index in [1.54, 1.807) is 13.8 Å². The predicted octanol–water partition coefficient (Wildman–Crippen LogP) is 2.36. The van der Waals surface area contributed by atoms with Crippen molar-refractivity contribution in [2.75, 3.05) is 6.61 Å². The van der Waals surface area contributed by atoms with Crippen LogP contribution in [0.2, 0.25) is 0 Å². The van der Waals surface area contributed by atoms with E-state index < -0.39 is 0 Å². The van der Waals surface area contributed by atoms with Crippen LogP contribution in [-0.4, -0.2) is 12.6 Å². The fraction of sp³-hybridized carbons (Fsp3) is 0.727. The van der Waals surface area contributed by atoms with E-state index in [0.717, 1.165) is 18.4 Å². The summed E-state index contributed by atoms with van der Waals surface area (Å²) in [6.45, 7) is 6.22. The second-order valence-corrected chi connectivity index (χ2v) is 3.61. The molecule has 14 heavy (non-hydrogen) atoms. The average Bonchev–Trinajstić information content (AvgIpc) is 2.16. The number of unbranched alkanes of at least 4 members (excludes halogenated alkanes) is 3. The van der Waals surface area contributed by atoms with Crippen LogP contribution in [0.25, 0.3) is 0 Å². The molecular formula is C11H21NO2. The van der Waals surface area contributed by atoms with Crippen LogP contribution in [0.15, 0.2) is 11.3 Å². The third-order valence-corrected chi connectivity index (χ3v) is 1.99. The van der Waals surface area contributed by atoms with Gasteiger partial charge in [-0.2, -0.15) is 0 Å². The van der Waals surface area contributed by atoms with Gasteiger partial charge in [0, 0.05) is 0 Å². The molecule has 0 spiro atoms. The molecule has 0 aliphatic heterocycles. The molecule has 0 aromatic heterocycles. The Hall–Kier alpha value is -0.990. The standard InChI is InChI=1S/C11H21NO2/c1-4-5-6-7-8-14-11(13)10(12)9(2)3/h4-8,12H2,1-3H3. The molecule has 0 amide bonds. The molecule has 3 nitrogen and oxygen atoms in total. The molecule has 82 valence electrons. The van der Waals surface area contributed by atoms with E-state index in [-0.39, 0.29) is 11.7 Å². The minimum absolute atomic E-state index is 0.237. The van der Waals surface area contributed by atoms with Crippen molar-refractivity contribution in [3.05, 3.63) is 11.3 Å². The van der Waals surface area contributed by atoms with Gasteiger partial charge in [0.1, 0.15) is 5.70 Å². The number of rotatable bonds is 6. The Morgan fingerprint density at radius 2 is 1.86 bits per heavy atom. The fourth-order valence-electron chi connectivity index (χ4n) is 0.976. The summed E-state index contributed by atoms with van der Waals surface area (Å²) in [6.07, 6.45) is 4.41. The van der Waals surface area contributed by atoms with Gasteiger partial charge in [-0.25, -0.2) is 4.79 Å². The van der Waals surface area contributed by atoms with Gasteiger partial charge in [-0.3, -0.25) is 0 Å². The smallest absolute Gasteiger partial charge is 0.354 e. The van der Waals surface area contributed by atoms with E-state index >= 15 is 0 Å². The monoisotopic (exact) mass is 199 g/mol. The van der Waals surface area contributed by atoms with Gasteiger partial charge in [0.2, 0.25) is 0 Å². The molecule has 0 rings (SSSR count). The molecule has 0 saturated heterocycles. The van der Waals surface area contributed by atoms with Crippen LogP contribution in [0.1, 0.15) is 46.5 Å². The number of esters is 1. The van der Waals surface area contributed by atoms with Gasteiger partial charge in [0.15, 0.2) is 0 Å². The van der Waals surface area contributed by atoms with Gasteiger partial charge < -0.3 is 10.5 Å². The molecule has 0 aromatic rings. The number of allylic oxidation sites excluding steroid dienone is 1. The van der Waals surface area contributed by atoms with Crippen molar-refractivity contribution in [1.82, 2.24) is 0 Å². The first-order chi connectivity index (χ1) is 6.59. The van der Waals surface area contributed by atoms with Gasteiger partial charge in [0.05, 0.1) is 6.61 Å². The maximum absolute atomic E-state index is 11.2. The average molecular weight is 199 g/mol. The SMILES string of the molecule is CCCCCCOC(=O)C(N)=C(C)C. The van der Waals surface area contributed by atoms with Crippen molar-refractivity contribution >= 4 is 5.97 Å². The van der Waals surface area contributed by atoms with E-state index in [1.807, 2.05) is 0 Å². The van der Waals surface area contributed by atoms with Gasteiger partial charge in [-0.05, 0) is 25.8 Å². The summed E-state index contributed by atoms with van der Waals surface area (Å²) in [5.74, 6) is -0.388. The summed E-state index contributed by atoms with van der Waals surface area (Å²) in [4.78, 5) is 11.2. The van der Waals surface area contributed by atoms with E-state index in [0.29, 0.717) is 6.61 Å². The third kappa shape index (κ3) is 5.62. The topological polar surface area (TPSA) is 52.3 Å². The quantitative estimate of drug-likeness (QED) is 0.406. The summed E-state index contributed by atoms with van der Waals surface area (Å²) in [5.41, 5.74) is 6.55. The minimum atomic E-state index is -0.388. The first kappa shape index (κ1) is 13.0. The highest BCUT2D eigenvalue weighted by molar-refractivity contribution is 5.88. The molecule has 3 heteroatoms. The molecule has 0 unspecified atom stereocenters. The lowest BCUT2D eigenvalue weighted by atomic mass is 10.2. The van der Waals surface area contributed by atoms with Crippen molar-refractivity contribution in [3.63, 3.8) is 0 Å². The zero-order chi connectivity index (χ0) is 11.0. The van der Waals surface area contributed by atoms with Gasteiger partial charge >= 0.3 is 5.97 Å². The Kier molecular flexibility index (Phi) is 6.89. The zero-order valence-corrected chi connectivity index (χ0v) is 9.43. The molecule has 0 aliphatic carbocycles. The van der Waals surface area contributed by atoms with E-state index in [1.165, 1.54) is 12.8 Å². The highest BCUT2D eigenvalue weighted by Crippen LogP contribution is 2.02. The van der Waals surface area contributed by atoms with Crippen molar-refractivity contribution < 1.29 is 9.53 Å². The lowest BCUT2D eigenvalue weighted by molar-refractivity contribution is -0.139. The number of nitrogens with two attached hydrogens (primary N) is 1. The van der Waals surface area contributed by atoms with E-state index in [2.05, 4.69) is 6.92 Å². The lowest BCUT2D eigenvalue weighted by Crippen LogP contribution is -2.16. The number of hydrogen-bond donors (Lipinski definition) is 1. The number of carbonyl (C=O) groups is 1. The summed E-state index contributed by atoms with van der Waals surface area (Å²) in [5, 5.41) is 0. The summed E-state index contributed by atoms with van der Waals surface area (Å²) in [7, 11) is 0. The Labute approximate surface area is 86.3 Å². The molecule has 0 aromatic carbocycles. The van der Waals surface area contributed by atoms with E-state index in [9.17, 15) is 4.79 Å². The molecule has 0 radical (unpaired) electrons. The second kappa shape index (κ2) is 7.42. The maximum Gasteiger partial charge on any atom is 0.354 e. The number of hydrogen-bond acceptors (Lipinski definition) is 3. The van der Waals surface area contributed by atoms with Gasteiger partial charge in [-0.15, -0.1) is 0 Å². The Morgan fingerprint density at radius 3 is 2.36 bits per heavy atom. The zero-order valence-electron chi connectivity index (χ0n) is 9.43. The molecule has 0 bridgehead atoms. The van der Waals surface area contributed by atoms with E-state index in [4.69, 9.17) is 10.5 Å². The Bertz CT molecular complexity index is 205. The van der Waals surface area contributed by atoms with Crippen LogP contribution in [0.5, 0.6) is 0 Å². The molecule has 0 fully saturated rings. The van der Waals surface area contributed by atoms with Crippen LogP contribution >= 0.6 is 0 Å². The second-order valence-electron chi connectivity index (χ2n) is 3.61.